The van der Waals surface area contributed by atoms with Crippen molar-refractivity contribution in [3.8, 4) is 0 Å². The number of benzene rings is 1. The molecular formula is C17H21ClN2O. The van der Waals surface area contributed by atoms with Crippen LogP contribution in [0.5, 0.6) is 0 Å². The summed E-state index contributed by atoms with van der Waals surface area (Å²) < 4.78 is 3.40. The summed E-state index contributed by atoms with van der Waals surface area (Å²) in [5.41, 5.74) is 3.15. The maximum Gasteiger partial charge on any atom is 0.328 e. The SMILES string of the molecule is Cn1c(=O)n(C)c2cc(C(Cl)C3C4CCCCC43)ccc21. The molecule has 0 aliphatic heterocycles. The van der Waals surface area contributed by atoms with Crippen LogP contribution in [0.25, 0.3) is 11.0 Å². The van der Waals surface area contributed by atoms with Crippen LogP contribution in [-0.4, -0.2) is 9.13 Å². The van der Waals surface area contributed by atoms with Gasteiger partial charge in [-0.25, -0.2) is 4.79 Å². The van der Waals surface area contributed by atoms with E-state index >= 15 is 0 Å². The smallest absolute Gasteiger partial charge is 0.295 e. The second-order valence-corrected chi connectivity index (χ2v) is 7.21. The van der Waals surface area contributed by atoms with Crippen molar-refractivity contribution in [1.82, 2.24) is 9.13 Å². The molecule has 1 aromatic carbocycles. The van der Waals surface area contributed by atoms with E-state index in [0.29, 0.717) is 5.92 Å². The third-order valence-corrected chi connectivity index (χ3v) is 6.22. The molecule has 0 amide bonds. The first-order chi connectivity index (χ1) is 10.1. The molecule has 112 valence electrons. The van der Waals surface area contributed by atoms with Crippen molar-refractivity contribution in [2.45, 2.75) is 31.1 Å². The fourth-order valence-electron chi connectivity index (χ4n) is 4.40. The van der Waals surface area contributed by atoms with Crippen LogP contribution in [0.1, 0.15) is 36.6 Å². The molecule has 4 rings (SSSR count). The summed E-state index contributed by atoms with van der Waals surface area (Å²) >= 11 is 6.78. The molecule has 0 N–H and O–H groups in total. The third kappa shape index (κ3) is 1.90. The van der Waals surface area contributed by atoms with Gasteiger partial charge in [0.2, 0.25) is 0 Å². The first-order valence-electron chi connectivity index (χ1n) is 7.89. The van der Waals surface area contributed by atoms with Crippen LogP contribution in [0, 0.1) is 17.8 Å². The molecule has 2 aromatic rings. The van der Waals surface area contributed by atoms with Gasteiger partial charge >= 0.3 is 5.69 Å². The van der Waals surface area contributed by atoms with Gasteiger partial charge in [-0.3, -0.25) is 9.13 Å². The molecule has 3 unspecified atom stereocenters. The lowest BCUT2D eigenvalue weighted by Crippen LogP contribution is -2.19. The molecule has 2 fully saturated rings. The van der Waals surface area contributed by atoms with Gasteiger partial charge in [-0.15, -0.1) is 11.6 Å². The normalized spacial score (nSPS) is 29.4. The molecule has 2 aliphatic rings. The molecular weight excluding hydrogens is 284 g/mol. The number of hydrogen-bond donors (Lipinski definition) is 0. The van der Waals surface area contributed by atoms with Crippen molar-refractivity contribution in [2.75, 3.05) is 0 Å². The Labute approximate surface area is 129 Å². The van der Waals surface area contributed by atoms with Crippen LogP contribution in [0.4, 0.5) is 0 Å². The number of rotatable bonds is 2. The van der Waals surface area contributed by atoms with E-state index in [1.165, 1.54) is 31.2 Å². The van der Waals surface area contributed by atoms with Crippen LogP contribution < -0.4 is 5.69 Å². The maximum absolute atomic E-state index is 12.0. The Balaban J connectivity index is 1.71. The quantitative estimate of drug-likeness (QED) is 0.779. The minimum absolute atomic E-state index is 0.0216. The monoisotopic (exact) mass is 304 g/mol. The molecule has 0 bridgehead atoms. The zero-order chi connectivity index (χ0) is 14.7. The molecule has 0 saturated heterocycles. The molecule has 2 aliphatic carbocycles. The zero-order valence-electron chi connectivity index (χ0n) is 12.6. The van der Waals surface area contributed by atoms with E-state index in [2.05, 4.69) is 12.1 Å². The highest BCUT2D eigenvalue weighted by Crippen LogP contribution is 2.62. The van der Waals surface area contributed by atoms with Crippen molar-refractivity contribution < 1.29 is 0 Å². The lowest BCUT2D eigenvalue weighted by molar-refractivity contribution is 0.480. The van der Waals surface area contributed by atoms with Crippen molar-refractivity contribution in [2.24, 2.45) is 31.8 Å². The number of imidazole rings is 1. The Bertz CT molecular complexity index is 748. The summed E-state index contributed by atoms with van der Waals surface area (Å²) in [7, 11) is 3.65. The Kier molecular flexibility index (Phi) is 2.97. The molecule has 1 aromatic heterocycles. The topological polar surface area (TPSA) is 26.9 Å². The van der Waals surface area contributed by atoms with Crippen LogP contribution >= 0.6 is 11.6 Å². The van der Waals surface area contributed by atoms with Crippen molar-refractivity contribution in [3.63, 3.8) is 0 Å². The highest BCUT2D eigenvalue weighted by molar-refractivity contribution is 6.21. The first-order valence-corrected chi connectivity index (χ1v) is 8.32. The average Bonchev–Trinajstić information content (AvgIpc) is 3.21. The van der Waals surface area contributed by atoms with Crippen LogP contribution in [0.3, 0.4) is 0 Å². The minimum atomic E-state index is 0.0216. The fraction of sp³-hybridized carbons (Fsp3) is 0.588. The number of aromatic nitrogens is 2. The predicted octanol–water partition coefficient (Wildman–Crippen LogP) is 3.59. The molecule has 3 nitrogen and oxygen atoms in total. The molecule has 4 heteroatoms. The van der Waals surface area contributed by atoms with E-state index in [1.54, 1.807) is 9.13 Å². The second-order valence-electron chi connectivity index (χ2n) is 6.74. The highest BCUT2D eigenvalue weighted by atomic mass is 35.5. The van der Waals surface area contributed by atoms with Crippen molar-refractivity contribution >= 4 is 22.6 Å². The van der Waals surface area contributed by atoms with Crippen LogP contribution in [0.2, 0.25) is 0 Å². The number of hydrogen-bond acceptors (Lipinski definition) is 1. The number of alkyl halides is 1. The molecule has 2 saturated carbocycles. The van der Waals surface area contributed by atoms with Gasteiger partial charge in [0.1, 0.15) is 0 Å². The lowest BCUT2D eigenvalue weighted by Gasteiger charge is -2.10. The largest absolute Gasteiger partial charge is 0.328 e. The Morgan fingerprint density at radius 1 is 1.10 bits per heavy atom. The summed E-state index contributed by atoms with van der Waals surface area (Å²) in [6.45, 7) is 0. The summed E-state index contributed by atoms with van der Waals surface area (Å²) in [5, 5.41) is 0.0952. The van der Waals surface area contributed by atoms with Gasteiger partial charge in [-0.2, -0.15) is 0 Å². The maximum atomic E-state index is 12.0. The summed E-state index contributed by atoms with van der Waals surface area (Å²) in [6, 6.07) is 6.25. The predicted molar refractivity (Wildman–Crippen MR) is 85.7 cm³/mol. The summed E-state index contributed by atoms with van der Waals surface area (Å²) in [4.78, 5) is 12.0. The van der Waals surface area contributed by atoms with Gasteiger partial charge < -0.3 is 0 Å². The Morgan fingerprint density at radius 2 is 1.71 bits per heavy atom. The van der Waals surface area contributed by atoms with Gasteiger partial charge in [0.05, 0.1) is 16.4 Å². The van der Waals surface area contributed by atoms with Crippen LogP contribution in [-0.2, 0) is 14.1 Å². The Hall–Kier alpha value is -1.22. The molecule has 0 spiro atoms. The standard InChI is InChI=1S/C17H21ClN2O/c1-19-13-8-7-10(9-14(13)20(2)17(19)21)16(18)15-11-5-3-4-6-12(11)15/h7-9,11-12,15-16H,3-6H2,1-2H3. The van der Waals surface area contributed by atoms with E-state index in [1.807, 2.05) is 20.2 Å². The van der Waals surface area contributed by atoms with Gasteiger partial charge in [0.15, 0.2) is 0 Å². The lowest BCUT2D eigenvalue weighted by atomic mass is 10.0. The second kappa shape index (κ2) is 4.64. The Morgan fingerprint density at radius 3 is 2.38 bits per heavy atom. The van der Waals surface area contributed by atoms with E-state index in [-0.39, 0.29) is 11.1 Å². The van der Waals surface area contributed by atoms with Gasteiger partial charge in [0.25, 0.3) is 0 Å². The van der Waals surface area contributed by atoms with E-state index in [4.69, 9.17) is 11.6 Å². The molecule has 0 radical (unpaired) electrons. The van der Waals surface area contributed by atoms with Gasteiger partial charge in [0, 0.05) is 14.1 Å². The first kappa shape index (κ1) is 13.4. The number of halogens is 1. The van der Waals surface area contributed by atoms with E-state index in [0.717, 1.165) is 22.9 Å². The molecule has 3 atom stereocenters. The van der Waals surface area contributed by atoms with Crippen molar-refractivity contribution in [3.05, 3.63) is 34.2 Å². The van der Waals surface area contributed by atoms with E-state index in [9.17, 15) is 4.79 Å². The number of nitrogens with zero attached hydrogens (tertiary/aromatic N) is 2. The van der Waals surface area contributed by atoms with Crippen LogP contribution in [0.15, 0.2) is 23.0 Å². The van der Waals surface area contributed by atoms with Gasteiger partial charge in [-0.1, -0.05) is 18.9 Å². The van der Waals surface area contributed by atoms with Crippen molar-refractivity contribution in [1.29, 1.82) is 0 Å². The number of fused-ring (bicyclic) bond motifs is 2. The third-order valence-electron chi connectivity index (χ3n) is 5.68. The number of aryl methyl sites for hydroxylation is 2. The minimum Gasteiger partial charge on any atom is -0.295 e. The van der Waals surface area contributed by atoms with E-state index < -0.39 is 0 Å². The average molecular weight is 305 g/mol. The summed E-state index contributed by atoms with van der Waals surface area (Å²) in [5.74, 6) is 2.33. The zero-order valence-corrected chi connectivity index (χ0v) is 13.3. The van der Waals surface area contributed by atoms with Gasteiger partial charge in [-0.05, 0) is 48.3 Å². The summed E-state index contributed by atoms with van der Waals surface area (Å²) in [6.07, 6.45) is 5.44. The molecule has 1 heterocycles. The highest BCUT2D eigenvalue weighted by Gasteiger charge is 2.53. The molecule has 21 heavy (non-hydrogen) atoms. The fourth-order valence-corrected chi connectivity index (χ4v) is 4.91.